The van der Waals surface area contributed by atoms with Crippen LogP contribution in [0.5, 0.6) is 5.75 Å². The minimum Gasteiger partial charge on any atom is -0.507 e. The Morgan fingerprint density at radius 1 is 1.09 bits per heavy atom. The zero-order valence-electron chi connectivity index (χ0n) is 17.5. The molecule has 32 heavy (non-hydrogen) atoms. The summed E-state index contributed by atoms with van der Waals surface area (Å²) in [5.74, 6) is -1.28. The van der Waals surface area contributed by atoms with Crippen LogP contribution in [0.2, 0.25) is 0 Å². The van der Waals surface area contributed by atoms with Gasteiger partial charge in [0.15, 0.2) is 0 Å². The largest absolute Gasteiger partial charge is 0.507 e. The Hall–Kier alpha value is -3.87. The van der Waals surface area contributed by atoms with Crippen LogP contribution in [0.1, 0.15) is 36.3 Å². The average Bonchev–Trinajstić information content (AvgIpc) is 3.42. The number of hydrogen-bond donors (Lipinski definition) is 1. The van der Waals surface area contributed by atoms with E-state index in [1.54, 1.807) is 48.5 Å². The molecule has 2 heterocycles. The Morgan fingerprint density at radius 3 is 2.44 bits per heavy atom. The minimum atomic E-state index is -0.911. The fraction of sp³-hybridized carbons (Fsp3) is 0.200. The van der Waals surface area contributed by atoms with Crippen LogP contribution in [0, 0.1) is 5.82 Å². The summed E-state index contributed by atoms with van der Waals surface area (Å²) < 4.78 is 24.4. The molecule has 0 saturated carbocycles. The van der Waals surface area contributed by atoms with Crippen molar-refractivity contribution >= 4 is 17.4 Å². The fourth-order valence-electron chi connectivity index (χ4n) is 3.66. The van der Waals surface area contributed by atoms with E-state index in [4.69, 9.17) is 9.15 Å². The van der Waals surface area contributed by atoms with E-state index in [1.165, 1.54) is 23.3 Å². The Kier molecular flexibility index (Phi) is 6.07. The Morgan fingerprint density at radius 2 is 1.81 bits per heavy atom. The first-order valence-electron chi connectivity index (χ1n) is 10.3. The topological polar surface area (TPSA) is 80.0 Å². The molecule has 3 aromatic rings. The number of nitrogens with zero attached hydrogens (tertiary/aromatic N) is 1. The van der Waals surface area contributed by atoms with Gasteiger partial charge in [-0.25, -0.2) is 4.39 Å². The Bertz CT molecular complexity index is 1130. The number of Topliss-reactive ketones (excluding diaryl/α,β-unsaturated/α-hetero) is 1. The van der Waals surface area contributed by atoms with E-state index in [-0.39, 0.29) is 17.9 Å². The van der Waals surface area contributed by atoms with Crippen LogP contribution in [0.4, 0.5) is 4.39 Å². The van der Waals surface area contributed by atoms with Crippen molar-refractivity contribution in [3.63, 3.8) is 0 Å². The second-order valence-electron chi connectivity index (χ2n) is 7.44. The molecule has 4 rings (SSSR count). The fourth-order valence-corrected chi connectivity index (χ4v) is 3.66. The van der Waals surface area contributed by atoms with E-state index < -0.39 is 23.5 Å². The van der Waals surface area contributed by atoms with Crippen LogP contribution < -0.4 is 4.74 Å². The van der Waals surface area contributed by atoms with Crippen LogP contribution in [0.25, 0.3) is 5.76 Å². The summed E-state index contributed by atoms with van der Waals surface area (Å²) in [7, 11) is 0. The first kappa shape index (κ1) is 21.4. The highest BCUT2D eigenvalue weighted by Crippen LogP contribution is 2.40. The van der Waals surface area contributed by atoms with E-state index >= 15 is 0 Å². The third-order valence-corrected chi connectivity index (χ3v) is 5.22. The predicted octanol–water partition coefficient (Wildman–Crippen LogP) is 4.83. The zero-order chi connectivity index (χ0) is 22.7. The molecule has 7 heteroatoms. The lowest BCUT2D eigenvalue weighted by Gasteiger charge is -2.23. The summed E-state index contributed by atoms with van der Waals surface area (Å²) in [6.45, 7) is 2.62. The third kappa shape index (κ3) is 4.14. The van der Waals surface area contributed by atoms with Crippen molar-refractivity contribution in [2.75, 3.05) is 6.61 Å². The van der Waals surface area contributed by atoms with Gasteiger partial charge in [-0.2, -0.15) is 0 Å². The van der Waals surface area contributed by atoms with E-state index in [0.717, 1.165) is 6.42 Å². The molecule has 1 atom stereocenters. The number of amides is 1. The van der Waals surface area contributed by atoms with E-state index in [0.29, 0.717) is 29.2 Å². The van der Waals surface area contributed by atoms with Gasteiger partial charge in [-0.15, -0.1) is 0 Å². The monoisotopic (exact) mass is 435 g/mol. The summed E-state index contributed by atoms with van der Waals surface area (Å²) in [5.41, 5.74) is 0.960. The van der Waals surface area contributed by atoms with Crippen LogP contribution >= 0.6 is 0 Å². The van der Waals surface area contributed by atoms with E-state index in [2.05, 4.69) is 0 Å². The van der Waals surface area contributed by atoms with E-state index in [1.807, 2.05) is 6.92 Å². The van der Waals surface area contributed by atoms with E-state index in [9.17, 15) is 19.1 Å². The number of halogens is 1. The van der Waals surface area contributed by atoms with Gasteiger partial charge in [0.2, 0.25) is 0 Å². The van der Waals surface area contributed by atoms with Gasteiger partial charge in [0.1, 0.15) is 29.1 Å². The number of ether oxygens (including phenoxy) is 1. The lowest BCUT2D eigenvalue weighted by atomic mass is 9.99. The number of furan rings is 1. The highest BCUT2D eigenvalue weighted by molar-refractivity contribution is 6.46. The minimum absolute atomic E-state index is 0.0524. The molecule has 2 aromatic carbocycles. The van der Waals surface area contributed by atoms with Gasteiger partial charge in [-0.3, -0.25) is 9.59 Å². The van der Waals surface area contributed by atoms with Gasteiger partial charge in [0, 0.05) is 12.1 Å². The molecular formula is C25H22FNO5. The molecule has 1 saturated heterocycles. The van der Waals surface area contributed by atoms with Crippen molar-refractivity contribution in [3.05, 3.63) is 95.2 Å². The number of hydrogen-bond acceptors (Lipinski definition) is 5. The highest BCUT2D eigenvalue weighted by atomic mass is 19.1. The molecular weight excluding hydrogens is 413 g/mol. The maximum absolute atomic E-state index is 13.3. The summed E-state index contributed by atoms with van der Waals surface area (Å²) in [4.78, 5) is 27.2. The van der Waals surface area contributed by atoms with Gasteiger partial charge in [0.25, 0.3) is 11.7 Å². The molecule has 0 aliphatic carbocycles. The Labute approximate surface area is 184 Å². The summed E-state index contributed by atoms with van der Waals surface area (Å²) >= 11 is 0. The molecule has 0 bridgehead atoms. The van der Waals surface area contributed by atoms with Gasteiger partial charge in [-0.1, -0.05) is 19.1 Å². The van der Waals surface area contributed by atoms with Crippen molar-refractivity contribution in [1.82, 2.24) is 4.90 Å². The number of benzene rings is 2. The normalized spacial score (nSPS) is 17.7. The predicted molar refractivity (Wildman–Crippen MR) is 115 cm³/mol. The quantitative estimate of drug-likeness (QED) is 0.327. The number of likely N-dealkylation sites (tertiary alicyclic amines) is 1. The number of carbonyl (C=O) groups excluding carboxylic acids is 2. The molecule has 1 aliphatic heterocycles. The van der Waals surface area contributed by atoms with Crippen LogP contribution in [0.3, 0.4) is 0 Å². The van der Waals surface area contributed by atoms with Crippen molar-refractivity contribution in [2.24, 2.45) is 0 Å². The molecule has 1 unspecified atom stereocenters. The SMILES string of the molecule is CCCOc1ccc(/C(O)=C2/C(=O)C(=O)N(Cc3ccc(F)cc3)C2c2ccco2)cc1. The standard InChI is InChI=1S/C25H22FNO5/c1-2-13-31-19-11-7-17(8-12-19)23(28)21-22(20-4-3-14-32-20)27(25(30)24(21)29)15-16-5-9-18(26)10-6-16/h3-12,14,22,28H,2,13,15H2,1H3/b23-21-. The molecule has 6 nitrogen and oxygen atoms in total. The summed E-state index contributed by atoms with van der Waals surface area (Å²) in [6, 6.07) is 14.7. The van der Waals surface area contributed by atoms with Gasteiger partial charge in [-0.05, 0) is 60.5 Å². The molecule has 0 radical (unpaired) electrons. The number of carbonyl (C=O) groups is 2. The van der Waals surface area contributed by atoms with Gasteiger partial charge < -0.3 is 19.2 Å². The highest BCUT2D eigenvalue weighted by Gasteiger charge is 2.47. The molecule has 0 spiro atoms. The van der Waals surface area contributed by atoms with Crippen molar-refractivity contribution in [1.29, 1.82) is 0 Å². The Balaban J connectivity index is 1.73. The molecule has 1 N–H and O–H groups in total. The summed E-state index contributed by atoms with van der Waals surface area (Å²) in [5, 5.41) is 11.0. The second-order valence-corrected chi connectivity index (χ2v) is 7.44. The maximum Gasteiger partial charge on any atom is 0.296 e. The molecule has 164 valence electrons. The number of ketones is 1. The zero-order valence-corrected chi connectivity index (χ0v) is 17.5. The first-order chi connectivity index (χ1) is 15.5. The average molecular weight is 435 g/mol. The summed E-state index contributed by atoms with van der Waals surface area (Å²) in [6.07, 6.45) is 2.30. The maximum atomic E-state index is 13.3. The third-order valence-electron chi connectivity index (χ3n) is 5.22. The first-order valence-corrected chi connectivity index (χ1v) is 10.3. The van der Waals surface area contributed by atoms with Crippen molar-refractivity contribution in [2.45, 2.75) is 25.9 Å². The van der Waals surface area contributed by atoms with Crippen molar-refractivity contribution < 1.29 is 28.2 Å². The van der Waals surface area contributed by atoms with Crippen LogP contribution in [-0.4, -0.2) is 28.3 Å². The van der Waals surface area contributed by atoms with Gasteiger partial charge in [0.05, 0.1) is 18.4 Å². The van der Waals surface area contributed by atoms with Crippen LogP contribution in [-0.2, 0) is 16.1 Å². The number of rotatable bonds is 7. The van der Waals surface area contributed by atoms with Crippen LogP contribution in [0.15, 0.2) is 76.9 Å². The molecule has 1 aromatic heterocycles. The molecule has 1 amide bonds. The molecule has 1 aliphatic rings. The van der Waals surface area contributed by atoms with Gasteiger partial charge >= 0.3 is 0 Å². The second kappa shape index (κ2) is 9.09. The lowest BCUT2D eigenvalue weighted by molar-refractivity contribution is -0.140. The smallest absolute Gasteiger partial charge is 0.296 e. The van der Waals surface area contributed by atoms with Crippen molar-refractivity contribution in [3.8, 4) is 5.75 Å². The lowest BCUT2D eigenvalue weighted by Crippen LogP contribution is -2.29. The number of aliphatic hydroxyl groups excluding tert-OH is 1. The molecule has 1 fully saturated rings. The number of aliphatic hydroxyl groups is 1.